The number of aromatic nitrogens is 1. The zero-order valence-corrected chi connectivity index (χ0v) is 16.2. The minimum atomic E-state index is -1.49. The van der Waals surface area contributed by atoms with Crippen LogP contribution in [0, 0.1) is 0 Å². The van der Waals surface area contributed by atoms with Crippen LogP contribution in [0.1, 0.15) is 0 Å². The minimum absolute atomic E-state index is 0.500. The van der Waals surface area contributed by atoms with E-state index in [-0.39, 0.29) is 0 Å². The van der Waals surface area contributed by atoms with Gasteiger partial charge in [-0.2, -0.15) is 0 Å². The van der Waals surface area contributed by atoms with Crippen LogP contribution in [0.25, 0.3) is 47.7 Å². The van der Waals surface area contributed by atoms with Crippen molar-refractivity contribution in [2.45, 2.75) is 0 Å². The fourth-order valence-corrected chi connectivity index (χ4v) is 5.39. The molecule has 0 spiro atoms. The number of hydrogen-bond donors (Lipinski definition) is 2. The van der Waals surface area contributed by atoms with Crippen LogP contribution in [0.15, 0.2) is 84.9 Å². The second-order valence-corrected chi connectivity index (χ2v) is 8.37. The third-order valence-corrected chi connectivity index (χ3v) is 6.73. The van der Waals surface area contributed by atoms with Gasteiger partial charge in [0.2, 0.25) is 0 Å². The first-order valence-electron chi connectivity index (χ1n) is 9.51. The second kappa shape index (κ2) is 6.19. The molecule has 0 aliphatic heterocycles. The van der Waals surface area contributed by atoms with Crippen molar-refractivity contribution in [2.24, 2.45) is 0 Å². The Morgan fingerprint density at radius 1 is 0.621 bits per heavy atom. The van der Waals surface area contributed by atoms with Crippen molar-refractivity contribution in [3.63, 3.8) is 0 Å². The molecule has 0 saturated carbocycles. The Morgan fingerprint density at radius 2 is 1.38 bits per heavy atom. The highest BCUT2D eigenvalue weighted by molar-refractivity contribution is 7.25. The van der Waals surface area contributed by atoms with Gasteiger partial charge in [0.05, 0.1) is 11.0 Å². The van der Waals surface area contributed by atoms with Crippen molar-refractivity contribution in [3.8, 4) is 5.69 Å². The monoisotopic (exact) mass is 393 g/mol. The Balaban J connectivity index is 1.82. The Morgan fingerprint density at radius 3 is 2.21 bits per heavy atom. The molecule has 0 unspecified atom stereocenters. The lowest BCUT2D eigenvalue weighted by Crippen LogP contribution is -2.29. The molecule has 6 aromatic rings. The van der Waals surface area contributed by atoms with Crippen molar-refractivity contribution < 1.29 is 10.0 Å². The summed E-state index contributed by atoms with van der Waals surface area (Å²) in [5, 5.41) is 24.0. The molecule has 6 rings (SSSR count). The molecule has 0 bridgehead atoms. The highest BCUT2D eigenvalue weighted by Crippen LogP contribution is 2.40. The third-order valence-electron chi connectivity index (χ3n) is 5.60. The van der Waals surface area contributed by atoms with E-state index in [1.807, 2.05) is 30.3 Å². The summed E-state index contributed by atoms with van der Waals surface area (Å²) < 4.78 is 4.78. The van der Waals surface area contributed by atoms with Gasteiger partial charge in [0.15, 0.2) is 0 Å². The van der Waals surface area contributed by atoms with Gasteiger partial charge in [0.1, 0.15) is 0 Å². The van der Waals surface area contributed by atoms with Crippen LogP contribution < -0.4 is 5.46 Å². The van der Waals surface area contributed by atoms with Gasteiger partial charge < -0.3 is 14.6 Å². The summed E-state index contributed by atoms with van der Waals surface area (Å²) in [5.74, 6) is 0. The maximum atomic E-state index is 9.71. The lowest BCUT2D eigenvalue weighted by atomic mass is 9.80. The first-order valence-corrected chi connectivity index (χ1v) is 10.3. The average molecular weight is 393 g/mol. The minimum Gasteiger partial charge on any atom is -0.423 e. The number of benzene rings is 4. The molecule has 138 valence electrons. The van der Waals surface area contributed by atoms with Gasteiger partial charge in [-0.1, -0.05) is 48.5 Å². The van der Waals surface area contributed by atoms with Crippen molar-refractivity contribution in [1.82, 2.24) is 4.57 Å². The maximum absolute atomic E-state index is 9.71. The van der Waals surface area contributed by atoms with Crippen LogP contribution in [0.5, 0.6) is 0 Å². The zero-order valence-electron chi connectivity index (χ0n) is 15.4. The summed E-state index contributed by atoms with van der Waals surface area (Å²) in [4.78, 5) is 0. The smallest absolute Gasteiger partial charge is 0.423 e. The highest BCUT2D eigenvalue weighted by Gasteiger charge is 2.18. The van der Waals surface area contributed by atoms with Crippen LogP contribution >= 0.6 is 11.3 Å². The Labute approximate surface area is 171 Å². The normalized spacial score (nSPS) is 11.8. The maximum Gasteiger partial charge on any atom is 0.488 e. The molecule has 0 atom stereocenters. The molecule has 0 radical (unpaired) electrons. The van der Waals surface area contributed by atoms with Crippen molar-refractivity contribution in [3.05, 3.63) is 84.9 Å². The molecule has 0 saturated heterocycles. The Bertz CT molecular complexity index is 1530. The van der Waals surface area contributed by atoms with E-state index in [1.165, 1.54) is 20.2 Å². The van der Waals surface area contributed by atoms with E-state index in [0.717, 1.165) is 27.5 Å². The summed E-state index contributed by atoms with van der Waals surface area (Å²) >= 11 is 1.81. The van der Waals surface area contributed by atoms with Crippen LogP contribution in [0.3, 0.4) is 0 Å². The summed E-state index contributed by atoms with van der Waals surface area (Å²) in [6.07, 6.45) is 0. The number of rotatable bonds is 2. The zero-order chi connectivity index (χ0) is 19.5. The van der Waals surface area contributed by atoms with Gasteiger partial charge in [-0.25, -0.2) is 0 Å². The first-order chi connectivity index (χ1) is 14.2. The quantitative estimate of drug-likeness (QED) is 0.414. The fourth-order valence-electron chi connectivity index (χ4n) is 4.27. The molecule has 0 fully saturated rings. The predicted molar refractivity (Wildman–Crippen MR) is 123 cm³/mol. The van der Waals surface area contributed by atoms with E-state index in [9.17, 15) is 10.0 Å². The van der Waals surface area contributed by atoms with Crippen LogP contribution in [-0.2, 0) is 0 Å². The van der Waals surface area contributed by atoms with Gasteiger partial charge in [-0.05, 0) is 41.9 Å². The Hall–Kier alpha value is -3.12. The molecule has 2 heterocycles. The lowest BCUT2D eigenvalue weighted by molar-refractivity contribution is 0.426. The van der Waals surface area contributed by atoms with Crippen LogP contribution in [0.2, 0.25) is 0 Å². The lowest BCUT2D eigenvalue weighted by Gasteiger charge is -2.08. The Kier molecular flexibility index (Phi) is 3.59. The van der Waals surface area contributed by atoms with E-state index in [1.54, 1.807) is 17.4 Å². The average Bonchev–Trinajstić information content (AvgIpc) is 3.27. The first kappa shape index (κ1) is 16.8. The standard InChI is InChI=1S/C24H16BNO2S/c27-25(28)15-10-11-21-18(12-15)19-13-20-17-8-4-5-9-23(17)29-24(20)14-22(19)26(21)16-6-2-1-3-7-16/h1-14,27-28H. The van der Waals surface area contributed by atoms with Crippen molar-refractivity contribution in [1.29, 1.82) is 0 Å². The molecule has 0 aliphatic carbocycles. The van der Waals surface area contributed by atoms with Gasteiger partial charge in [0, 0.05) is 36.6 Å². The molecule has 3 nitrogen and oxygen atoms in total. The molecule has 2 aromatic heterocycles. The summed E-state index contributed by atoms with van der Waals surface area (Å²) in [7, 11) is -1.49. The number of nitrogens with zero attached hydrogens (tertiary/aromatic N) is 1. The van der Waals surface area contributed by atoms with E-state index >= 15 is 0 Å². The molecular weight excluding hydrogens is 377 g/mol. The van der Waals surface area contributed by atoms with E-state index < -0.39 is 7.12 Å². The van der Waals surface area contributed by atoms with Crippen molar-refractivity contribution >= 4 is 65.9 Å². The van der Waals surface area contributed by atoms with Gasteiger partial charge in [-0.15, -0.1) is 11.3 Å². The van der Waals surface area contributed by atoms with Crippen molar-refractivity contribution in [2.75, 3.05) is 0 Å². The predicted octanol–water partition coefficient (Wildman–Crippen LogP) is 4.83. The summed E-state index contributed by atoms with van der Waals surface area (Å²) in [5.41, 5.74) is 3.76. The summed E-state index contributed by atoms with van der Waals surface area (Å²) in [6, 6.07) is 28.9. The molecule has 5 heteroatoms. The molecule has 0 amide bonds. The van der Waals surface area contributed by atoms with E-state index in [4.69, 9.17) is 0 Å². The molecule has 29 heavy (non-hydrogen) atoms. The van der Waals surface area contributed by atoms with Crippen LogP contribution in [0.4, 0.5) is 0 Å². The second-order valence-electron chi connectivity index (χ2n) is 7.28. The van der Waals surface area contributed by atoms with Gasteiger partial charge in [0.25, 0.3) is 0 Å². The highest BCUT2D eigenvalue weighted by atomic mass is 32.1. The van der Waals surface area contributed by atoms with E-state index in [0.29, 0.717) is 5.46 Å². The van der Waals surface area contributed by atoms with Gasteiger partial charge >= 0.3 is 7.12 Å². The number of hydrogen-bond acceptors (Lipinski definition) is 3. The molecular formula is C24H16BNO2S. The molecule has 0 aliphatic rings. The summed E-state index contributed by atoms with van der Waals surface area (Å²) in [6.45, 7) is 0. The third kappa shape index (κ3) is 2.45. The molecule has 2 N–H and O–H groups in total. The number of thiophene rings is 1. The molecule has 4 aromatic carbocycles. The number of fused-ring (bicyclic) bond motifs is 6. The van der Waals surface area contributed by atoms with Crippen LogP contribution in [-0.4, -0.2) is 21.7 Å². The topological polar surface area (TPSA) is 45.4 Å². The number of para-hydroxylation sites is 1. The van der Waals surface area contributed by atoms with E-state index in [2.05, 4.69) is 53.1 Å². The van der Waals surface area contributed by atoms with Gasteiger partial charge in [-0.3, -0.25) is 0 Å². The largest absolute Gasteiger partial charge is 0.488 e. The SMILES string of the molecule is OB(O)c1ccc2c(c1)c1cc3c(cc1n2-c1ccccc1)sc1ccccc13. The fraction of sp³-hybridized carbons (Fsp3) is 0.